The van der Waals surface area contributed by atoms with Gasteiger partial charge in [0.05, 0.1) is 7.11 Å². The Hall–Kier alpha value is -2.50. The van der Waals surface area contributed by atoms with E-state index in [1.807, 2.05) is 19.9 Å². The molecule has 1 aromatic rings. The Balaban J connectivity index is 1.98. The van der Waals surface area contributed by atoms with Crippen LogP contribution in [0.15, 0.2) is 24.3 Å². The molecule has 1 amide bonds. The summed E-state index contributed by atoms with van der Waals surface area (Å²) >= 11 is 0. The van der Waals surface area contributed by atoms with Gasteiger partial charge in [0, 0.05) is 6.08 Å². The predicted octanol–water partition coefficient (Wildman–Crippen LogP) is 2.13. The van der Waals surface area contributed by atoms with E-state index in [0.717, 1.165) is 5.56 Å². The highest BCUT2D eigenvalue weighted by molar-refractivity contribution is 5.94. The summed E-state index contributed by atoms with van der Waals surface area (Å²) in [7, 11) is 1.31. The molecule has 1 atom stereocenters. The Morgan fingerprint density at radius 1 is 1.30 bits per heavy atom. The summed E-state index contributed by atoms with van der Waals surface area (Å²) in [6.07, 6.45) is 3.56. The molecule has 0 fully saturated rings. The van der Waals surface area contributed by atoms with Gasteiger partial charge in [-0.25, -0.2) is 4.79 Å². The zero-order valence-corrected chi connectivity index (χ0v) is 13.5. The van der Waals surface area contributed by atoms with Gasteiger partial charge in [-0.15, -0.1) is 0 Å². The van der Waals surface area contributed by atoms with Crippen LogP contribution in [-0.2, 0) is 14.3 Å². The Bertz CT molecular complexity index is 609. The molecule has 2 rings (SSSR count). The summed E-state index contributed by atoms with van der Waals surface area (Å²) in [5.74, 6) is 0.813. The lowest BCUT2D eigenvalue weighted by Crippen LogP contribution is -2.41. The minimum absolute atomic E-state index is 0.207. The van der Waals surface area contributed by atoms with Crippen LogP contribution < -0.4 is 14.8 Å². The molecule has 0 aromatic heterocycles. The molecule has 1 heterocycles. The second-order valence-corrected chi connectivity index (χ2v) is 5.66. The van der Waals surface area contributed by atoms with E-state index in [-0.39, 0.29) is 18.6 Å². The molecule has 0 saturated carbocycles. The van der Waals surface area contributed by atoms with E-state index >= 15 is 0 Å². The van der Waals surface area contributed by atoms with Gasteiger partial charge >= 0.3 is 5.97 Å². The Kier molecular flexibility index (Phi) is 5.62. The van der Waals surface area contributed by atoms with Crippen LogP contribution in [-0.4, -0.2) is 31.8 Å². The number of hydrogen-bond donors (Lipinski definition) is 1. The third-order valence-corrected chi connectivity index (χ3v) is 3.33. The number of benzene rings is 1. The fraction of sp³-hybridized carbons (Fsp3) is 0.412. The van der Waals surface area contributed by atoms with E-state index in [1.54, 1.807) is 18.2 Å². The van der Waals surface area contributed by atoms with Crippen LogP contribution in [0.2, 0.25) is 0 Å². The highest BCUT2D eigenvalue weighted by Crippen LogP contribution is 2.32. The average Bonchev–Trinajstić information content (AvgIpc) is 2.98. The van der Waals surface area contributed by atoms with E-state index in [2.05, 4.69) is 5.32 Å². The summed E-state index contributed by atoms with van der Waals surface area (Å²) in [6, 6.07) is 4.76. The largest absolute Gasteiger partial charge is 0.467 e. The number of fused-ring (bicyclic) bond motifs is 1. The number of nitrogens with one attached hydrogen (secondary N) is 1. The van der Waals surface area contributed by atoms with E-state index in [4.69, 9.17) is 14.2 Å². The van der Waals surface area contributed by atoms with Crippen LogP contribution in [0, 0.1) is 5.92 Å². The molecule has 0 aliphatic carbocycles. The van der Waals surface area contributed by atoms with E-state index in [1.165, 1.54) is 13.2 Å². The number of ether oxygens (including phenoxy) is 3. The van der Waals surface area contributed by atoms with E-state index in [0.29, 0.717) is 17.9 Å². The number of methoxy groups -OCH3 is 1. The maximum Gasteiger partial charge on any atom is 0.328 e. The minimum atomic E-state index is -0.645. The first-order valence-corrected chi connectivity index (χ1v) is 7.45. The van der Waals surface area contributed by atoms with Crippen molar-refractivity contribution in [1.82, 2.24) is 5.32 Å². The summed E-state index contributed by atoms with van der Waals surface area (Å²) in [4.78, 5) is 23.7. The van der Waals surface area contributed by atoms with Crippen molar-refractivity contribution in [2.24, 2.45) is 5.92 Å². The molecule has 0 spiro atoms. The average molecular weight is 319 g/mol. The van der Waals surface area contributed by atoms with Crippen LogP contribution >= 0.6 is 0 Å². The molecule has 6 heteroatoms. The van der Waals surface area contributed by atoms with Crippen LogP contribution in [0.25, 0.3) is 6.08 Å². The SMILES string of the molecule is COC(=O)C(CC(C)C)NC(=O)C=Cc1ccc2c(c1)OCO2. The van der Waals surface area contributed by atoms with Gasteiger partial charge in [-0.05, 0) is 36.1 Å². The second-order valence-electron chi connectivity index (χ2n) is 5.66. The van der Waals surface area contributed by atoms with Crippen molar-refractivity contribution in [2.45, 2.75) is 26.3 Å². The number of esters is 1. The van der Waals surface area contributed by atoms with Crippen molar-refractivity contribution in [2.75, 3.05) is 13.9 Å². The van der Waals surface area contributed by atoms with Gasteiger partial charge in [-0.2, -0.15) is 0 Å². The molecule has 23 heavy (non-hydrogen) atoms. The molecule has 124 valence electrons. The molecule has 0 saturated heterocycles. The number of rotatable bonds is 6. The van der Waals surface area contributed by atoms with E-state index < -0.39 is 12.0 Å². The third-order valence-electron chi connectivity index (χ3n) is 3.33. The van der Waals surface area contributed by atoms with Crippen LogP contribution in [0.5, 0.6) is 11.5 Å². The molecular formula is C17H21NO5. The summed E-state index contributed by atoms with van der Waals surface area (Å²) in [6.45, 7) is 4.16. The molecule has 1 aromatic carbocycles. The van der Waals surface area contributed by atoms with Crippen LogP contribution in [0.4, 0.5) is 0 Å². The molecule has 0 bridgehead atoms. The first-order valence-electron chi connectivity index (χ1n) is 7.45. The second kappa shape index (κ2) is 7.67. The predicted molar refractivity (Wildman–Crippen MR) is 85.0 cm³/mol. The molecule has 6 nitrogen and oxygen atoms in total. The fourth-order valence-corrected chi connectivity index (χ4v) is 2.24. The smallest absolute Gasteiger partial charge is 0.328 e. The molecule has 1 N–H and O–H groups in total. The highest BCUT2D eigenvalue weighted by Gasteiger charge is 2.21. The van der Waals surface area contributed by atoms with Crippen LogP contribution in [0.1, 0.15) is 25.8 Å². The molecular weight excluding hydrogens is 298 g/mol. The van der Waals surface area contributed by atoms with Crippen molar-refractivity contribution >= 4 is 18.0 Å². The molecule has 0 radical (unpaired) electrons. The van der Waals surface area contributed by atoms with Crippen molar-refractivity contribution in [3.8, 4) is 11.5 Å². The van der Waals surface area contributed by atoms with Crippen molar-refractivity contribution in [3.63, 3.8) is 0 Å². The maximum absolute atomic E-state index is 12.0. The Labute approximate surface area is 135 Å². The Morgan fingerprint density at radius 3 is 2.74 bits per heavy atom. The first kappa shape index (κ1) is 16.9. The lowest BCUT2D eigenvalue weighted by molar-refractivity contribution is -0.145. The molecule has 1 aliphatic heterocycles. The Morgan fingerprint density at radius 2 is 2.04 bits per heavy atom. The summed E-state index contributed by atoms with van der Waals surface area (Å²) in [5, 5.41) is 2.67. The van der Waals surface area contributed by atoms with Crippen molar-refractivity contribution < 1.29 is 23.8 Å². The van der Waals surface area contributed by atoms with Crippen molar-refractivity contribution in [1.29, 1.82) is 0 Å². The van der Waals surface area contributed by atoms with Gasteiger partial charge in [0.15, 0.2) is 11.5 Å². The van der Waals surface area contributed by atoms with Gasteiger partial charge in [0.1, 0.15) is 6.04 Å². The monoisotopic (exact) mass is 319 g/mol. The standard InChI is InChI=1S/C17H21NO5/c1-11(2)8-13(17(20)21-3)18-16(19)7-5-12-4-6-14-15(9-12)23-10-22-14/h4-7,9,11,13H,8,10H2,1-3H3,(H,18,19). The van der Waals surface area contributed by atoms with Gasteiger partial charge < -0.3 is 19.5 Å². The summed E-state index contributed by atoms with van der Waals surface area (Å²) in [5.41, 5.74) is 0.808. The van der Waals surface area contributed by atoms with E-state index in [9.17, 15) is 9.59 Å². The number of hydrogen-bond acceptors (Lipinski definition) is 5. The zero-order chi connectivity index (χ0) is 16.8. The lowest BCUT2D eigenvalue weighted by atomic mass is 10.0. The zero-order valence-electron chi connectivity index (χ0n) is 13.5. The first-order chi connectivity index (χ1) is 11.0. The number of carbonyl (C=O) groups is 2. The topological polar surface area (TPSA) is 73.9 Å². The lowest BCUT2D eigenvalue weighted by Gasteiger charge is -2.17. The fourth-order valence-electron chi connectivity index (χ4n) is 2.24. The minimum Gasteiger partial charge on any atom is -0.467 e. The number of amides is 1. The highest BCUT2D eigenvalue weighted by atomic mass is 16.7. The van der Waals surface area contributed by atoms with Crippen molar-refractivity contribution in [3.05, 3.63) is 29.8 Å². The summed E-state index contributed by atoms with van der Waals surface area (Å²) < 4.78 is 15.2. The quantitative estimate of drug-likeness (QED) is 0.642. The van der Waals surface area contributed by atoms with Gasteiger partial charge in [0.2, 0.25) is 12.7 Å². The van der Waals surface area contributed by atoms with Gasteiger partial charge in [-0.3, -0.25) is 4.79 Å². The van der Waals surface area contributed by atoms with Crippen LogP contribution in [0.3, 0.4) is 0 Å². The number of carbonyl (C=O) groups excluding carboxylic acids is 2. The van der Waals surface area contributed by atoms with Gasteiger partial charge in [0.25, 0.3) is 0 Å². The normalized spacial score (nSPS) is 14.1. The van der Waals surface area contributed by atoms with Gasteiger partial charge in [-0.1, -0.05) is 19.9 Å². The maximum atomic E-state index is 12.0. The third kappa shape index (κ3) is 4.74. The molecule has 1 unspecified atom stereocenters. The molecule has 1 aliphatic rings.